The van der Waals surface area contributed by atoms with E-state index >= 15 is 0 Å². The van der Waals surface area contributed by atoms with Crippen LogP contribution in [0.4, 0.5) is 13.2 Å². The van der Waals surface area contributed by atoms with Crippen LogP contribution in [0.25, 0.3) is 0 Å². The number of aliphatic hydroxyl groups excluding tert-OH is 1. The van der Waals surface area contributed by atoms with Crippen LogP contribution < -0.4 is 5.32 Å². The minimum absolute atomic E-state index is 0.0161. The molecule has 6 heteroatoms. The van der Waals surface area contributed by atoms with Crippen LogP contribution in [0.2, 0.25) is 0 Å². The van der Waals surface area contributed by atoms with Crippen LogP contribution in [0.3, 0.4) is 0 Å². The highest BCUT2D eigenvalue weighted by atomic mass is 19.4. The SMILES string of the molecule is CCN(CC)CCCC(C)NCC(O)C(F)(F)F. The van der Waals surface area contributed by atoms with Gasteiger partial charge in [0.15, 0.2) is 6.10 Å². The normalized spacial score (nSPS) is 16.0. The molecular formula is C12H25F3N2O. The van der Waals surface area contributed by atoms with E-state index < -0.39 is 18.8 Å². The van der Waals surface area contributed by atoms with Crippen LogP contribution in [0.1, 0.15) is 33.6 Å². The van der Waals surface area contributed by atoms with Crippen molar-refractivity contribution in [2.24, 2.45) is 0 Å². The minimum atomic E-state index is -4.53. The summed E-state index contributed by atoms with van der Waals surface area (Å²) in [6, 6.07) is -0.0161. The molecule has 18 heavy (non-hydrogen) atoms. The van der Waals surface area contributed by atoms with Crippen molar-refractivity contribution in [1.82, 2.24) is 10.2 Å². The van der Waals surface area contributed by atoms with Crippen LogP contribution >= 0.6 is 0 Å². The maximum atomic E-state index is 12.1. The second kappa shape index (κ2) is 8.72. The summed E-state index contributed by atoms with van der Waals surface area (Å²) in [6.07, 6.45) is -5.06. The molecule has 3 nitrogen and oxygen atoms in total. The Kier molecular flexibility index (Phi) is 8.56. The molecule has 0 aliphatic heterocycles. The fourth-order valence-electron chi connectivity index (χ4n) is 1.69. The molecule has 0 aromatic rings. The molecule has 0 fully saturated rings. The van der Waals surface area contributed by atoms with Crippen molar-refractivity contribution in [3.05, 3.63) is 0 Å². The summed E-state index contributed by atoms with van der Waals surface area (Å²) in [7, 11) is 0. The zero-order valence-electron chi connectivity index (χ0n) is 11.4. The molecule has 0 saturated carbocycles. The lowest BCUT2D eigenvalue weighted by Gasteiger charge is -2.21. The van der Waals surface area contributed by atoms with Gasteiger partial charge in [-0.2, -0.15) is 13.2 Å². The van der Waals surface area contributed by atoms with E-state index in [9.17, 15) is 13.2 Å². The summed E-state index contributed by atoms with van der Waals surface area (Å²) in [6.45, 7) is 8.52. The Labute approximate surface area is 107 Å². The van der Waals surface area contributed by atoms with Gasteiger partial charge in [0, 0.05) is 12.6 Å². The third-order valence-electron chi connectivity index (χ3n) is 3.04. The maximum Gasteiger partial charge on any atom is 0.415 e. The van der Waals surface area contributed by atoms with E-state index in [1.807, 2.05) is 6.92 Å². The van der Waals surface area contributed by atoms with Crippen molar-refractivity contribution in [3.63, 3.8) is 0 Å². The van der Waals surface area contributed by atoms with Gasteiger partial charge in [0.2, 0.25) is 0 Å². The molecule has 0 spiro atoms. The molecule has 2 atom stereocenters. The Bertz CT molecular complexity index is 208. The number of halogens is 3. The first-order valence-electron chi connectivity index (χ1n) is 6.51. The van der Waals surface area contributed by atoms with E-state index in [0.29, 0.717) is 0 Å². The highest BCUT2D eigenvalue weighted by Crippen LogP contribution is 2.19. The van der Waals surface area contributed by atoms with Gasteiger partial charge in [-0.1, -0.05) is 13.8 Å². The molecule has 110 valence electrons. The highest BCUT2D eigenvalue weighted by molar-refractivity contribution is 4.71. The topological polar surface area (TPSA) is 35.5 Å². The maximum absolute atomic E-state index is 12.1. The molecule has 2 N–H and O–H groups in total. The van der Waals surface area contributed by atoms with Gasteiger partial charge in [0.1, 0.15) is 0 Å². The zero-order chi connectivity index (χ0) is 14.2. The molecule has 0 radical (unpaired) electrons. The lowest BCUT2D eigenvalue weighted by Crippen LogP contribution is -2.41. The first kappa shape index (κ1) is 17.7. The first-order valence-corrected chi connectivity index (χ1v) is 6.51. The first-order chi connectivity index (χ1) is 8.31. The highest BCUT2D eigenvalue weighted by Gasteiger charge is 2.37. The largest absolute Gasteiger partial charge is 0.415 e. The summed E-state index contributed by atoms with van der Waals surface area (Å²) in [4.78, 5) is 2.28. The molecule has 0 rings (SSSR count). The van der Waals surface area contributed by atoms with E-state index in [-0.39, 0.29) is 6.04 Å². The summed E-state index contributed by atoms with van der Waals surface area (Å²) >= 11 is 0. The van der Waals surface area contributed by atoms with Crippen molar-refractivity contribution >= 4 is 0 Å². The Morgan fingerprint density at radius 3 is 2.22 bits per heavy atom. The molecule has 0 aromatic carbocycles. The van der Waals surface area contributed by atoms with Gasteiger partial charge in [-0.3, -0.25) is 0 Å². The van der Waals surface area contributed by atoms with Crippen LogP contribution in [-0.4, -0.2) is 54.5 Å². The van der Waals surface area contributed by atoms with Crippen LogP contribution in [-0.2, 0) is 0 Å². The number of nitrogens with zero attached hydrogens (tertiary/aromatic N) is 1. The number of rotatable bonds is 9. The van der Waals surface area contributed by atoms with Crippen molar-refractivity contribution in [3.8, 4) is 0 Å². The number of aliphatic hydroxyl groups is 1. The van der Waals surface area contributed by atoms with Gasteiger partial charge < -0.3 is 15.3 Å². The Balaban J connectivity index is 3.69. The Morgan fingerprint density at radius 1 is 1.22 bits per heavy atom. The predicted molar refractivity (Wildman–Crippen MR) is 66.5 cm³/mol. The molecule has 2 unspecified atom stereocenters. The average molecular weight is 270 g/mol. The zero-order valence-corrected chi connectivity index (χ0v) is 11.4. The molecule has 0 amide bonds. The van der Waals surface area contributed by atoms with Gasteiger partial charge in [0.05, 0.1) is 0 Å². The second-order valence-electron chi connectivity index (χ2n) is 4.54. The number of alkyl halides is 3. The third kappa shape index (κ3) is 7.89. The van der Waals surface area contributed by atoms with Gasteiger partial charge >= 0.3 is 6.18 Å². The molecule has 0 aliphatic rings. The number of nitrogens with one attached hydrogen (secondary N) is 1. The van der Waals surface area contributed by atoms with E-state index in [1.165, 1.54) is 0 Å². The predicted octanol–water partition coefficient (Wildman–Crippen LogP) is 2.01. The fraction of sp³-hybridized carbons (Fsp3) is 1.00. The van der Waals surface area contributed by atoms with E-state index in [1.54, 1.807) is 0 Å². The van der Waals surface area contributed by atoms with Crippen molar-refractivity contribution < 1.29 is 18.3 Å². The molecule has 0 bridgehead atoms. The standard InChI is InChI=1S/C12H25F3N2O/c1-4-17(5-2)8-6-7-10(3)16-9-11(18)12(13,14)15/h10-11,16,18H,4-9H2,1-3H3. The minimum Gasteiger partial charge on any atom is -0.382 e. The summed E-state index contributed by atoms with van der Waals surface area (Å²) in [5.74, 6) is 0. The van der Waals surface area contributed by atoms with Crippen LogP contribution in [0.5, 0.6) is 0 Å². The van der Waals surface area contributed by atoms with Gasteiger partial charge in [-0.25, -0.2) is 0 Å². The fourth-order valence-corrected chi connectivity index (χ4v) is 1.69. The smallest absolute Gasteiger partial charge is 0.382 e. The average Bonchev–Trinajstić information content (AvgIpc) is 2.30. The molecular weight excluding hydrogens is 245 g/mol. The van der Waals surface area contributed by atoms with E-state index in [4.69, 9.17) is 5.11 Å². The van der Waals surface area contributed by atoms with E-state index in [0.717, 1.165) is 32.5 Å². The molecule has 0 aliphatic carbocycles. The monoisotopic (exact) mass is 270 g/mol. The summed E-state index contributed by atoms with van der Waals surface area (Å²) in [5, 5.41) is 11.5. The summed E-state index contributed by atoms with van der Waals surface area (Å²) < 4.78 is 36.2. The third-order valence-corrected chi connectivity index (χ3v) is 3.04. The summed E-state index contributed by atoms with van der Waals surface area (Å²) in [5.41, 5.74) is 0. The Hall–Kier alpha value is -0.330. The van der Waals surface area contributed by atoms with Crippen molar-refractivity contribution in [1.29, 1.82) is 0 Å². The van der Waals surface area contributed by atoms with Gasteiger partial charge in [0.25, 0.3) is 0 Å². The quantitative estimate of drug-likeness (QED) is 0.673. The lowest BCUT2D eigenvalue weighted by molar-refractivity contribution is -0.202. The second-order valence-corrected chi connectivity index (χ2v) is 4.54. The molecule has 0 saturated heterocycles. The van der Waals surface area contributed by atoms with Crippen LogP contribution in [0.15, 0.2) is 0 Å². The van der Waals surface area contributed by atoms with Crippen molar-refractivity contribution in [2.45, 2.75) is 51.9 Å². The molecule has 0 heterocycles. The number of hydrogen-bond acceptors (Lipinski definition) is 3. The number of hydrogen-bond donors (Lipinski definition) is 2. The Morgan fingerprint density at radius 2 is 1.78 bits per heavy atom. The van der Waals surface area contributed by atoms with E-state index in [2.05, 4.69) is 24.1 Å². The van der Waals surface area contributed by atoms with Gasteiger partial charge in [-0.15, -0.1) is 0 Å². The van der Waals surface area contributed by atoms with Crippen LogP contribution in [0, 0.1) is 0 Å². The molecule has 0 aromatic heterocycles. The van der Waals surface area contributed by atoms with Gasteiger partial charge in [-0.05, 0) is 39.4 Å². The van der Waals surface area contributed by atoms with Crippen molar-refractivity contribution in [2.75, 3.05) is 26.2 Å². The lowest BCUT2D eigenvalue weighted by atomic mass is 10.1.